The first-order chi connectivity index (χ1) is 25.7. The maximum absolute atomic E-state index is 13.9. The van der Waals surface area contributed by atoms with Crippen LogP contribution in [0.5, 0.6) is 0 Å². The van der Waals surface area contributed by atoms with E-state index in [9.17, 15) is 23.1 Å². The number of carbonyl (C=O) groups is 1. The number of alkyl halides is 3. The molecule has 0 spiro atoms. The number of rotatable bonds is 8. The molecule has 8 heteroatoms. The number of allylic oxidation sites excluding steroid dienone is 3. The fourth-order valence-corrected chi connectivity index (χ4v) is 7.82. The van der Waals surface area contributed by atoms with Crippen molar-refractivity contribution in [3.8, 4) is 39.3 Å². The molecule has 291 valence electrons. The number of aliphatic hydroxyl groups is 1. The van der Waals surface area contributed by atoms with Crippen LogP contribution in [0, 0.1) is 17.9 Å². The Kier molecular flexibility index (Phi) is 12.8. The molecular formula is C47H50F3IrN2O2-. The zero-order chi connectivity index (χ0) is 38.9. The summed E-state index contributed by atoms with van der Waals surface area (Å²) < 4.78 is 43.7. The number of imidazole rings is 1. The second-order valence-electron chi connectivity index (χ2n) is 15.4. The van der Waals surface area contributed by atoms with Crippen molar-refractivity contribution in [1.29, 1.82) is 0 Å². The molecule has 4 nitrogen and oxygen atoms in total. The van der Waals surface area contributed by atoms with E-state index in [1.807, 2.05) is 74.7 Å². The van der Waals surface area contributed by atoms with E-state index in [-0.39, 0.29) is 48.9 Å². The number of hydrogen-bond donors (Lipinski definition) is 1. The molecule has 2 heterocycles. The van der Waals surface area contributed by atoms with Crippen molar-refractivity contribution in [3.63, 3.8) is 0 Å². The van der Waals surface area contributed by atoms with Crippen LogP contribution in [0.15, 0.2) is 84.6 Å². The van der Waals surface area contributed by atoms with E-state index in [0.717, 1.165) is 77.4 Å². The Balaban J connectivity index is 0.000000311. The number of aromatic nitrogens is 2. The fourth-order valence-electron chi connectivity index (χ4n) is 7.82. The SMILES string of the molecule is CC(C)(C)c1cc(-c2nc3cccc4c3n2-c2ccc(C(F)(F)F)cc2-c2ccccc2-4)[c-]c2c1C=CCC2.CCC(CC)C(=O)/C=C(\O)C(CC)CC.[Ir]. The van der Waals surface area contributed by atoms with Crippen LogP contribution in [-0.4, -0.2) is 20.4 Å². The summed E-state index contributed by atoms with van der Waals surface area (Å²) in [5.74, 6) is 1.24. The summed E-state index contributed by atoms with van der Waals surface area (Å²) >= 11 is 0. The van der Waals surface area contributed by atoms with E-state index in [0.29, 0.717) is 17.1 Å². The van der Waals surface area contributed by atoms with Gasteiger partial charge in [0, 0.05) is 54.8 Å². The van der Waals surface area contributed by atoms with Gasteiger partial charge in [-0.05, 0) is 79.3 Å². The summed E-state index contributed by atoms with van der Waals surface area (Å²) in [7, 11) is 0. The van der Waals surface area contributed by atoms with Gasteiger partial charge in [0.2, 0.25) is 0 Å². The zero-order valence-corrected chi connectivity index (χ0v) is 35.1. The van der Waals surface area contributed by atoms with E-state index >= 15 is 0 Å². The van der Waals surface area contributed by atoms with Gasteiger partial charge in [0.05, 0.1) is 28.2 Å². The van der Waals surface area contributed by atoms with Crippen LogP contribution in [0.2, 0.25) is 0 Å². The molecule has 0 unspecified atom stereocenters. The molecule has 5 aromatic rings. The van der Waals surface area contributed by atoms with Gasteiger partial charge in [-0.15, -0.1) is 40.5 Å². The molecule has 4 aromatic carbocycles. The van der Waals surface area contributed by atoms with Gasteiger partial charge in [0.15, 0.2) is 5.78 Å². The number of nitrogens with zero attached hydrogens (tertiary/aromatic N) is 2. The zero-order valence-electron chi connectivity index (χ0n) is 32.7. The first-order valence-corrected chi connectivity index (χ1v) is 19.2. The molecule has 7 rings (SSSR count). The number of carbonyl (C=O) groups excluding carboxylic acids is 1. The summed E-state index contributed by atoms with van der Waals surface area (Å²) in [6, 6.07) is 23.5. The van der Waals surface area contributed by atoms with Gasteiger partial charge in [-0.1, -0.05) is 90.9 Å². The van der Waals surface area contributed by atoms with Crippen molar-refractivity contribution in [3.05, 3.63) is 113 Å². The Morgan fingerprint density at radius 1 is 0.873 bits per heavy atom. The van der Waals surface area contributed by atoms with Crippen molar-refractivity contribution in [2.45, 2.75) is 98.6 Å². The molecule has 1 aromatic heterocycles. The third-order valence-electron chi connectivity index (χ3n) is 10.9. The van der Waals surface area contributed by atoms with Gasteiger partial charge in [-0.2, -0.15) is 13.2 Å². The molecule has 55 heavy (non-hydrogen) atoms. The first kappa shape index (κ1) is 41.9. The number of fused-ring (bicyclic) bond motifs is 6. The second kappa shape index (κ2) is 16.9. The quantitative estimate of drug-likeness (QED) is 0.0940. The minimum Gasteiger partial charge on any atom is -0.512 e. The van der Waals surface area contributed by atoms with Gasteiger partial charge in [-0.3, -0.25) is 9.78 Å². The molecule has 0 amide bonds. The molecule has 0 atom stereocenters. The van der Waals surface area contributed by atoms with Crippen LogP contribution in [0.1, 0.15) is 103 Å². The Bertz CT molecular complexity index is 2250. The van der Waals surface area contributed by atoms with Crippen molar-refractivity contribution in [2.75, 3.05) is 0 Å². The van der Waals surface area contributed by atoms with Crippen LogP contribution in [-0.2, 0) is 42.9 Å². The topological polar surface area (TPSA) is 55.1 Å². The van der Waals surface area contributed by atoms with E-state index in [4.69, 9.17) is 4.98 Å². The Morgan fingerprint density at radius 3 is 2.13 bits per heavy atom. The van der Waals surface area contributed by atoms with Gasteiger partial charge >= 0.3 is 6.18 Å². The monoisotopic (exact) mass is 924 g/mol. The summed E-state index contributed by atoms with van der Waals surface area (Å²) in [5.41, 5.74) is 9.19. The first-order valence-electron chi connectivity index (χ1n) is 19.2. The van der Waals surface area contributed by atoms with Gasteiger partial charge in [0.1, 0.15) is 0 Å². The molecule has 0 fully saturated rings. The van der Waals surface area contributed by atoms with Crippen molar-refractivity contribution in [2.24, 2.45) is 11.8 Å². The Morgan fingerprint density at radius 2 is 1.51 bits per heavy atom. The van der Waals surface area contributed by atoms with Crippen LogP contribution < -0.4 is 0 Å². The Hall–Kier alpha value is -4.26. The van der Waals surface area contributed by atoms with E-state index < -0.39 is 11.7 Å². The smallest absolute Gasteiger partial charge is 0.416 e. The largest absolute Gasteiger partial charge is 0.512 e. The molecule has 0 bridgehead atoms. The van der Waals surface area contributed by atoms with E-state index in [1.54, 1.807) is 6.07 Å². The second-order valence-corrected chi connectivity index (χ2v) is 15.4. The molecule has 1 radical (unpaired) electrons. The summed E-state index contributed by atoms with van der Waals surface area (Å²) in [5, 5.41) is 9.76. The average molecular weight is 924 g/mol. The normalized spacial score (nSPS) is 13.4. The maximum Gasteiger partial charge on any atom is 0.416 e. The van der Waals surface area contributed by atoms with Crippen LogP contribution in [0.4, 0.5) is 13.2 Å². The van der Waals surface area contributed by atoms with Crippen molar-refractivity contribution < 1.29 is 43.2 Å². The molecule has 0 saturated heterocycles. The number of halogens is 3. The molecule has 1 aliphatic heterocycles. The fraction of sp³-hybridized carbons (Fsp3) is 0.362. The number of ketones is 1. The van der Waals surface area contributed by atoms with Crippen LogP contribution >= 0.6 is 0 Å². The predicted molar refractivity (Wildman–Crippen MR) is 215 cm³/mol. The molecule has 2 aliphatic rings. The number of aliphatic hydroxyl groups excluding tert-OH is 1. The molecule has 1 aliphatic carbocycles. The predicted octanol–water partition coefficient (Wildman–Crippen LogP) is 13.3. The van der Waals surface area contributed by atoms with Gasteiger partial charge < -0.3 is 9.67 Å². The van der Waals surface area contributed by atoms with E-state index in [1.165, 1.54) is 29.3 Å². The summed E-state index contributed by atoms with van der Waals surface area (Å²) in [6.07, 6.45) is 6.71. The molecule has 1 N–H and O–H groups in total. The van der Waals surface area contributed by atoms with E-state index in [2.05, 4.69) is 45.1 Å². The minimum atomic E-state index is -4.45. The van der Waals surface area contributed by atoms with Crippen molar-refractivity contribution >= 4 is 22.9 Å². The molecule has 0 saturated carbocycles. The van der Waals surface area contributed by atoms with Crippen LogP contribution in [0.3, 0.4) is 0 Å². The van der Waals surface area contributed by atoms with Crippen LogP contribution in [0.25, 0.3) is 56.4 Å². The number of aryl methyl sites for hydroxylation is 1. The van der Waals surface area contributed by atoms with Crippen molar-refractivity contribution in [1.82, 2.24) is 9.55 Å². The van der Waals surface area contributed by atoms with Gasteiger partial charge in [-0.25, -0.2) is 0 Å². The number of benzene rings is 4. The van der Waals surface area contributed by atoms with Gasteiger partial charge in [0.25, 0.3) is 0 Å². The third-order valence-corrected chi connectivity index (χ3v) is 10.9. The summed E-state index contributed by atoms with van der Waals surface area (Å²) in [4.78, 5) is 16.8. The Labute approximate surface area is 336 Å². The summed E-state index contributed by atoms with van der Waals surface area (Å²) in [6.45, 7) is 14.7. The number of hydrogen-bond acceptors (Lipinski definition) is 3. The third kappa shape index (κ3) is 8.32. The standard InChI is InChI=1S/C34H26F3N2.C13H24O2.Ir/c1-33(2,3)28-18-21(17-20-9-4-5-10-23(20)28)32-38-29-14-8-13-26-24-11-6-7-12-25(24)27-19-22(34(35,36)37)15-16-30(27)39(32)31(26)29;1-5-10(6-2)12(14)9-13(15)11(7-3)8-4;/h5-8,10-16,18-19H,4,9H2,1-3H3;9-11,14H,5-8H2,1-4H3;/q-1;;/b;12-9-;. The molecular weight excluding hydrogens is 874 g/mol. The number of para-hydroxylation sites is 1. The maximum atomic E-state index is 13.9. The average Bonchev–Trinajstić information content (AvgIpc) is 3.49. The minimum absolute atomic E-state index is 0.